The minimum absolute atomic E-state index is 0.0233. The van der Waals surface area contributed by atoms with Gasteiger partial charge in [-0.3, -0.25) is 9.79 Å². The molecule has 2 aromatic rings. The summed E-state index contributed by atoms with van der Waals surface area (Å²) in [6, 6.07) is 8.84. The van der Waals surface area contributed by atoms with E-state index >= 15 is 0 Å². The smallest absolute Gasteiger partial charge is 0.335 e. The van der Waals surface area contributed by atoms with Crippen LogP contribution in [0.2, 0.25) is 0 Å². The average molecular weight is 466 g/mol. The molecule has 7 nitrogen and oxygen atoms in total. The van der Waals surface area contributed by atoms with Gasteiger partial charge in [0.15, 0.2) is 5.78 Å². The van der Waals surface area contributed by atoms with Crippen LogP contribution in [0.3, 0.4) is 0 Å². The molecule has 4 N–H and O–H groups in total. The summed E-state index contributed by atoms with van der Waals surface area (Å²) in [6.45, 7) is 2.30. The number of aromatic carboxylic acids is 1. The number of ketones is 1. The second-order valence-corrected chi connectivity index (χ2v) is 8.71. The molecule has 8 heteroatoms. The number of fused-ring (bicyclic) bond motifs is 1. The molecular weight excluding hydrogens is 437 g/mol. The van der Waals surface area contributed by atoms with Gasteiger partial charge < -0.3 is 20.8 Å². The van der Waals surface area contributed by atoms with Gasteiger partial charge in [-0.15, -0.1) is 0 Å². The molecular formula is C26H28FN3O4. The minimum atomic E-state index is -1.04. The molecule has 1 aliphatic carbocycles. The number of hydrogen-bond donors (Lipinski definition) is 4. The van der Waals surface area contributed by atoms with E-state index in [0.29, 0.717) is 40.6 Å². The van der Waals surface area contributed by atoms with Crippen LogP contribution in [0.15, 0.2) is 52.7 Å². The van der Waals surface area contributed by atoms with Gasteiger partial charge in [0.1, 0.15) is 11.6 Å². The highest BCUT2D eigenvalue weighted by Crippen LogP contribution is 2.32. The molecule has 0 saturated carbocycles. The van der Waals surface area contributed by atoms with Crippen molar-refractivity contribution >= 4 is 23.2 Å². The van der Waals surface area contributed by atoms with Crippen molar-refractivity contribution in [3.63, 3.8) is 0 Å². The molecule has 4 rings (SSSR count). The van der Waals surface area contributed by atoms with Crippen LogP contribution in [0, 0.1) is 11.7 Å². The van der Waals surface area contributed by atoms with Crippen LogP contribution in [-0.4, -0.2) is 54.4 Å². The van der Waals surface area contributed by atoms with E-state index in [0.717, 1.165) is 25.9 Å². The lowest BCUT2D eigenvalue weighted by Gasteiger charge is -2.25. The van der Waals surface area contributed by atoms with Gasteiger partial charge in [-0.05, 0) is 67.2 Å². The van der Waals surface area contributed by atoms with Crippen molar-refractivity contribution < 1.29 is 24.2 Å². The molecule has 2 aliphatic rings. The maximum Gasteiger partial charge on any atom is 0.335 e. The van der Waals surface area contributed by atoms with E-state index in [4.69, 9.17) is 10.1 Å². The lowest BCUT2D eigenvalue weighted by molar-refractivity contribution is -0.114. The van der Waals surface area contributed by atoms with E-state index in [9.17, 15) is 19.1 Å². The van der Waals surface area contributed by atoms with Gasteiger partial charge in [-0.2, -0.15) is 0 Å². The normalized spacial score (nSPS) is 19.1. The van der Waals surface area contributed by atoms with E-state index < -0.39 is 11.8 Å². The summed E-state index contributed by atoms with van der Waals surface area (Å²) < 4.78 is 14.5. The van der Waals surface area contributed by atoms with Crippen LogP contribution in [0.5, 0.6) is 0 Å². The van der Waals surface area contributed by atoms with Crippen molar-refractivity contribution in [1.82, 2.24) is 5.32 Å². The zero-order valence-corrected chi connectivity index (χ0v) is 19.0. The summed E-state index contributed by atoms with van der Waals surface area (Å²) in [4.78, 5) is 29.1. The summed E-state index contributed by atoms with van der Waals surface area (Å²) in [7, 11) is 1.68. The number of aliphatic imine (C=N–C) groups is 1. The van der Waals surface area contributed by atoms with E-state index in [2.05, 4.69) is 10.6 Å². The fraction of sp³-hybridized carbons (Fsp3) is 0.346. The Morgan fingerprint density at radius 1 is 1.18 bits per heavy atom. The van der Waals surface area contributed by atoms with Crippen molar-refractivity contribution in [3.8, 4) is 0 Å². The van der Waals surface area contributed by atoms with E-state index in [1.54, 1.807) is 19.2 Å². The van der Waals surface area contributed by atoms with Crippen molar-refractivity contribution in [3.05, 3.63) is 75.8 Å². The summed E-state index contributed by atoms with van der Waals surface area (Å²) in [5, 5.41) is 26.4. The Kier molecular flexibility index (Phi) is 7.07. The number of aliphatic hydroxyl groups excluding tert-OH is 1. The van der Waals surface area contributed by atoms with Crippen LogP contribution in [0.25, 0.3) is 0 Å². The number of carbonyl (C=O) groups is 2. The highest BCUT2D eigenvalue weighted by Gasteiger charge is 2.32. The molecule has 0 bridgehead atoms. The summed E-state index contributed by atoms with van der Waals surface area (Å²) in [6.07, 6.45) is 1.99. The molecule has 0 radical (unpaired) electrons. The topological polar surface area (TPSA) is 111 Å². The van der Waals surface area contributed by atoms with Crippen LogP contribution < -0.4 is 10.6 Å². The number of carbonyl (C=O) groups excluding carboxylic acids is 1. The largest absolute Gasteiger partial charge is 0.511 e. The molecule has 34 heavy (non-hydrogen) atoms. The number of anilines is 1. The fourth-order valence-electron chi connectivity index (χ4n) is 4.57. The first-order chi connectivity index (χ1) is 16.4. The molecule has 0 unspecified atom stereocenters. The molecule has 2 aromatic carbocycles. The van der Waals surface area contributed by atoms with Gasteiger partial charge in [0.25, 0.3) is 0 Å². The van der Waals surface area contributed by atoms with Gasteiger partial charge in [0.2, 0.25) is 0 Å². The number of benzene rings is 2. The third-order valence-electron chi connectivity index (χ3n) is 6.42. The van der Waals surface area contributed by atoms with Crippen molar-refractivity contribution in [2.75, 3.05) is 32.0 Å². The first kappa shape index (κ1) is 23.6. The number of rotatable bonds is 6. The van der Waals surface area contributed by atoms with E-state index in [-0.39, 0.29) is 35.5 Å². The Labute approximate surface area is 197 Å². The SMILES string of the molecule is CNc1cc(F)cc2c1CC(=O)C(=C(O)Cc1ccc(C(=O)O)cc1)C2=NCC1CCNCC1. The van der Waals surface area contributed by atoms with Crippen LogP contribution in [-0.2, 0) is 17.6 Å². The minimum Gasteiger partial charge on any atom is -0.511 e. The van der Waals surface area contributed by atoms with Gasteiger partial charge in [-0.1, -0.05) is 12.1 Å². The first-order valence-electron chi connectivity index (χ1n) is 11.4. The zero-order chi connectivity index (χ0) is 24.2. The summed E-state index contributed by atoms with van der Waals surface area (Å²) >= 11 is 0. The molecule has 0 spiro atoms. The van der Waals surface area contributed by atoms with Crippen molar-refractivity contribution in [1.29, 1.82) is 0 Å². The first-order valence-corrected chi connectivity index (χ1v) is 11.4. The number of aliphatic hydroxyl groups is 1. The number of carboxylic acid groups (broad SMARTS) is 1. The van der Waals surface area contributed by atoms with Crippen LogP contribution >= 0.6 is 0 Å². The monoisotopic (exact) mass is 465 g/mol. The Morgan fingerprint density at radius 2 is 1.88 bits per heavy atom. The van der Waals surface area contributed by atoms with Crippen molar-refractivity contribution in [2.45, 2.75) is 25.7 Å². The Morgan fingerprint density at radius 3 is 2.53 bits per heavy atom. The molecule has 0 aromatic heterocycles. The second-order valence-electron chi connectivity index (χ2n) is 8.71. The highest BCUT2D eigenvalue weighted by atomic mass is 19.1. The van der Waals surface area contributed by atoms with Crippen LogP contribution in [0.1, 0.15) is 39.9 Å². The van der Waals surface area contributed by atoms with Gasteiger partial charge in [-0.25, -0.2) is 9.18 Å². The number of allylic oxidation sites excluding steroid dienone is 2. The van der Waals surface area contributed by atoms with Crippen LogP contribution in [0.4, 0.5) is 10.1 Å². The van der Waals surface area contributed by atoms with Gasteiger partial charge in [0, 0.05) is 37.7 Å². The highest BCUT2D eigenvalue weighted by molar-refractivity contribution is 6.32. The Balaban J connectivity index is 1.76. The number of nitrogens with one attached hydrogen (secondary N) is 2. The zero-order valence-electron chi connectivity index (χ0n) is 19.0. The molecule has 178 valence electrons. The summed E-state index contributed by atoms with van der Waals surface area (Å²) in [5.41, 5.74) is 2.93. The van der Waals surface area contributed by atoms with Gasteiger partial charge in [0.05, 0.1) is 16.8 Å². The number of carboxylic acids is 1. The predicted octanol–water partition coefficient (Wildman–Crippen LogP) is 3.53. The van der Waals surface area contributed by atoms with E-state index in [1.165, 1.54) is 24.3 Å². The molecule has 1 heterocycles. The second kappa shape index (κ2) is 10.2. The number of nitrogens with zero attached hydrogens (tertiary/aromatic N) is 1. The maximum atomic E-state index is 14.5. The lowest BCUT2D eigenvalue weighted by atomic mass is 9.82. The molecule has 0 amide bonds. The van der Waals surface area contributed by atoms with E-state index in [1.807, 2.05) is 0 Å². The Bertz CT molecular complexity index is 1170. The maximum absolute atomic E-state index is 14.5. The van der Waals surface area contributed by atoms with Gasteiger partial charge >= 0.3 is 5.97 Å². The standard InChI is InChI=1S/C26H28FN3O4/c1-28-21-12-18(27)11-20-19(21)13-23(32)24(25(20)30-14-16-6-8-29-9-7-16)22(31)10-15-2-4-17(5-3-15)26(33)34/h2-5,11-12,16,28-29,31H,6-10,13-14H2,1H3,(H,33,34). The number of halogens is 1. The number of hydrogen-bond acceptors (Lipinski definition) is 6. The molecule has 0 atom stereocenters. The average Bonchev–Trinajstić information content (AvgIpc) is 2.83. The molecule has 1 fully saturated rings. The Hall–Kier alpha value is -3.52. The number of piperidine rings is 1. The van der Waals surface area contributed by atoms with Crippen molar-refractivity contribution in [2.24, 2.45) is 10.9 Å². The molecule has 1 saturated heterocycles. The molecule has 1 aliphatic heterocycles. The third kappa shape index (κ3) is 5.02. The lowest BCUT2D eigenvalue weighted by Crippen LogP contribution is -2.31. The summed E-state index contributed by atoms with van der Waals surface area (Å²) in [5.74, 6) is -1.58. The fourth-order valence-corrected chi connectivity index (χ4v) is 4.57. The predicted molar refractivity (Wildman–Crippen MR) is 128 cm³/mol. The number of Topliss-reactive ketones (excluding diaryl/α,β-unsaturated/α-hetero) is 1. The quantitative estimate of drug-likeness (QED) is 0.384. The third-order valence-corrected chi connectivity index (χ3v) is 6.42.